The highest BCUT2D eigenvalue weighted by molar-refractivity contribution is 5.68. The average Bonchev–Trinajstić information content (AvgIpc) is 2.72. The van der Waals surface area contributed by atoms with E-state index in [9.17, 15) is 4.79 Å². The minimum Gasteiger partial charge on any atom is -0.485 e. The molecule has 0 saturated carbocycles. The van der Waals surface area contributed by atoms with Gasteiger partial charge in [-0.15, -0.1) is 0 Å². The van der Waals surface area contributed by atoms with Gasteiger partial charge in [0.25, 0.3) is 0 Å². The van der Waals surface area contributed by atoms with E-state index in [0.29, 0.717) is 30.3 Å². The zero-order valence-electron chi connectivity index (χ0n) is 15.5. The minimum atomic E-state index is -0.941. The van der Waals surface area contributed by atoms with Crippen molar-refractivity contribution < 1.29 is 19.4 Å². The molecule has 5 heteroatoms. The number of hydrogen-bond donors (Lipinski definition) is 2. The molecule has 3 N–H and O–H groups in total. The van der Waals surface area contributed by atoms with Gasteiger partial charge in [-0.25, -0.2) is 0 Å². The van der Waals surface area contributed by atoms with Gasteiger partial charge in [-0.3, -0.25) is 4.79 Å². The maximum atomic E-state index is 11.0. The Kier molecular flexibility index (Phi) is 6.65. The molecule has 0 aliphatic rings. The van der Waals surface area contributed by atoms with Crippen molar-refractivity contribution in [2.24, 2.45) is 5.73 Å². The monoisotopic (exact) mass is 377 g/mol. The summed E-state index contributed by atoms with van der Waals surface area (Å²) < 4.78 is 11.9. The quantitative estimate of drug-likeness (QED) is 0.580. The second-order valence-electron chi connectivity index (χ2n) is 6.46. The first-order chi connectivity index (χ1) is 13.6. The first kappa shape index (κ1) is 19.5. The number of nitrogens with two attached hydrogens (primary N) is 1. The molecule has 0 aliphatic heterocycles. The van der Waals surface area contributed by atoms with Gasteiger partial charge in [-0.2, -0.15) is 0 Å². The van der Waals surface area contributed by atoms with E-state index in [1.807, 2.05) is 60.7 Å². The summed E-state index contributed by atoms with van der Waals surface area (Å²) in [6.45, 7) is 0.781. The number of carboxylic acid groups (broad SMARTS) is 1. The highest BCUT2D eigenvalue weighted by Crippen LogP contribution is 2.32. The molecule has 0 bridgehead atoms. The molecule has 0 saturated heterocycles. The van der Waals surface area contributed by atoms with Gasteiger partial charge in [-0.1, -0.05) is 66.7 Å². The number of hydrogen-bond acceptors (Lipinski definition) is 4. The van der Waals surface area contributed by atoms with Crippen molar-refractivity contribution in [3.8, 4) is 11.5 Å². The van der Waals surface area contributed by atoms with E-state index < -0.39 is 12.0 Å². The van der Waals surface area contributed by atoms with E-state index >= 15 is 0 Å². The van der Waals surface area contributed by atoms with Crippen LogP contribution in [0.1, 0.15) is 29.2 Å². The molecule has 3 aromatic carbocycles. The van der Waals surface area contributed by atoms with Crippen LogP contribution in [0.2, 0.25) is 0 Å². The third kappa shape index (κ3) is 5.59. The molecule has 0 aromatic heterocycles. The Morgan fingerprint density at radius 1 is 0.821 bits per heavy atom. The van der Waals surface area contributed by atoms with Gasteiger partial charge in [0.05, 0.1) is 6.42 Å². The van der Waals surface area contributed by atoms with Gasteiger partial charge in [-0.05, 0) is 28.8 Å². The zero-order chi connectivity index (χ0) is 19.8. The van der Waals surface area contributed by atoms with E-state index in [-0.39, 0.29) is 6.42 Å². The lowest BCUT2D eigenvalue weighted by Crippen LogP contribution is -2.15. The van der Waals surface area contributed by atoms with Gasteiger partial charge >= 0.3 is 5.97 Å². The Morgan fingerprint density at radius 3 is 1.89 bits per heavy atom. The van der Waals surface area contributed by atoms with Crippen LogP contribution in [0, 0.1) is 0 Å². The molecular formula is C23H23NO4. The van der Waals surface area contributed by atoms with Crippen molar-refractivity contribution in [1.82, 2.24) is 0 Å². The molecule has 3 rings (SSSR count). The lowest BCUT2D eigenvalue weighted by atomic mass is 10.0. The molecule has 0 heterocycles. The van der Waals surface area contributed by atoms with Crippen LogP contribution in [0.25, 0.3) is 0 Å². The Bertz CT molecular complexity index is 897. The highest BCUT2D eigenvalue weighted by atomic mass is 16.5. The van der Waals surface area contributed by atoms with Crippen LogP contribution >= 0.6 is 0 Å². The molecule has 3 aromatic rings. The summed E-state index contributed by atoms with van der Waals surface area (Å²) >= 11 is 0. The molecular weight excluding hydrogens is 354 g/mol. The molecule has 0 fully saturated rings. The molecule has 0 radical (unpaired) electrons. The number of aliphatic carboxylic acids is 1. The number of carbonyl (C=O) groups is 1. The average molecular weight is 377 g/mol. The van der Waals surface area contributed by atoms with E-state index in [1.165, 1.54) is 0 Å². The maximum absolute atomic E-state index is 11.0. The van der Waals surface area contributed by atoms with Gasteiger partial charge in [0.2, 0.25) is 0 Å². The third-order valence-electron chi connectivity index (χ3n) is 4.26. The highest BCUT2D eigenvalue weighted by Gasteiger charge is 2.15. The standard InChI is InChI=1S/C23H23NO4/c24-20(14-23(25)26)19-11-12-21(27-15-17-7-3-1-4-8-17)22(13-19)28-16-18-9-5-2-6-10-18/h1-13,20H,14-16,24H2,(H,25,26). The van der Waals surface area contributed by atoms with Crippen LogP contribution in [0.15, 0.2) is 78.9 Å². The van der Waals surface area contributed by atoms with Gasteiger partial charge in [0.1, 0.15) is 13.2 Å². The Morgan fingerprint density at radius 2 is 1.36 bits per heavy atom. The Labute approximate surface area is 164 Å². The zero-order valence-corrected chi connectivity index (χ0v) is 15.5. The lowest BCUT2D eigenvalue weighted by Gasteiger charge is -2.16. The molecule has 28 heavy (non-hydrogen) atoms. The molecule has 1 atom stereocenters. The summed E-state index contributed by atoms with van der Waals surface area (Å²) in [5.41, 5.74) is 8.77. The molecule has 0 spiro atoms. The predicted octanol–water partition coefficient (Wildman–Crippen LogP) is 4.32. The summed E-state index contributed by atoms with van der Waals surface area (Å²) in [6, 6.07) is 24.4. The van der Waals surface area contributed by atoms with Crippen LogP contribution in [-0.4, -0.2) is 11.1 Å². The van der Waals surface area contributed by atoms with Crippen LogP contribution in [-0.2, 0) is 18.0 Å². The fourth-order valence-corrected chi connectivity index (χ4v) is 2.76. The molecule has 0 amide bonds. The second-order valence-corrected chi connectivity index (χ2v) is 6.46. The minimum absolute atomic E-state index is 0.150. The smallest absolute Gasteiger partial charge is 0.305 e. The Hall–Kier alpha value is -3.31. The number of ether oxygens (including phenoxy) is 2. The van der Waals surface area contributed by atoms with E-state index in [0.717, 1.165) is 11.1 Å². The maximum Gasteiger partial charge on any atom is 0.305 e. The van der Waals surface area contributed by atoms with E-state index in [1.54, 1.807) is 18.2 Å². The molecule has 144 valence electrons. The predicted molar refractivity (Wildman–Crippen MR) is 107 cm³/mol. The summed E-state index contributed by atoms with van der Waals surface area (Å²) in [5, 5.41) is 9.00. The van der Waals surface area contributed by atoms with Crippen molar-refractivity contribution in [1.29, 1.82) is 0 Å². The van der Waals surface area contributed by atoms with E-state index in [2.05, 4.69) is 0 Å². The van der Waals surface area contributed by atoms with Crippen LogP contribution in [0.3, 0.4) is 0 Å². The summed E-state index contributed by atoms with van der Waals surface area (Å²) in [5.74, 6) is 0.188. The fraction of sp³-hybridized carbons (Fsp3) is 0.174. The summed E-state index contributed by atoms with van der Waals surface area (Å²) in [4.78, 5) is 11.0. The van der Waals surface area contributed by atoms with Gasteiger partial charge < -0.3 is 20.3 Å². The van der Waals surface area contributed by atoms with Crippen molar-refractivity contribution in [2.75, 3.05) is 0 Å². The van der Waals surface area contributed by atoms with Crippen molar-refractivity contribution in [2.45, 2.75) is 25.7 Å². The molecule has 1 unspecified atom stereocenters. The SMILES string of the molecule is NC(CC(=O)O)c1ccc(OCc2ccccc2)c(OCc2ccccc2)c1. The summed E-state index contributed by atoms with van der Waals surface area (Å²) in [7, 11) is 0. The summed E-state index contributed by atoms with van der Waals surface area (Å²) in [6.07, 6.45) is -0.150. The molecule has 0 aliphatic carbocycles. The Balaban J connectivity index is 1.78. The van der Waals surface area contributed by atoms with Crippen molar-refractivity contribution in [3.63, 3.8) is 0 Å². The number of carboxylic acids is 1. The topological polar surface area (TPSA) is 81.8 Å². The third-order valence-corrected chi connectivity index (χ3v) is 4.26. The van der Waals surface area contributed by atoms with Crippen molar-refractivity contribution in [3.05, 3.63) is 95.6 Å². The van der Waals surface area contributed by atoms with Crippen LogP contribution in [0.5, 0.6) is 11.5 Å². The normalized spacial score (nSPS) is 11.6. The fourth-order valence-electron chi connectivity index (χ4n) is 2.76. The van der Waals surface area contributed by atoms with E-state index in [4.69, 9.17) is 20.3 Å². The van der Waals surface area contributed by atoms with Crippen molar-refractivity contribution >= 4 is 5.97 Å². The largest absolute Gasteiger partial charge is 0.485 e. The van der Waals surface area contributed by atoms with Gasteiger partial charge in [0.15, 0.2) is 11.5 Å². The first-order valence-electron chi connectivity index (χ1n) is 9.06. The van der Waals surface area contributed by atoms with Crippen LogP contribution < -0.4 is 15.2 Å². The lowest BCUT2D eigenvalue weighted by molar-refractivity contribution is -0.137. The number of benzene rings is 3. The number of rotatable bonds is 9. The molecule has 5 nitrogen and oxygen atoms in total. The second kappa shape index (κ2) is 9.58. The van der Waals surface area contributed by atoms with Gasteiger partial charge in [0, 0.05) is 6.04 Å². The first-order valence-corrected chi connectivity index (χ1v) is 9.06. The van der Waals surface area contributed by atoms with Crippen LogP contribution in [0.4, 0.5) is 0 Å².